The predicted octanol–water partition coefficient (Wildman–Crippen LogP) is 4.98. The zero-order valence-electron chi connectivity index (χ0n) is 26.2. The highest BCUT2D eigenvalue weighted by molar-refractivity contribution is 5.68. The van der Waals surface area contributed by atoms with E-state index in [0.29, 0.717) is 25.2 Å². The van der Waals surface area contributed by atoms with Crippen LogP contribution in [0.2, 0.25) is 0 Å². The first-order chi connectivity index (χ1) is 19.1. The largest absolute Gasteiger partial charge is 0.459 e. The molecule has 41 heavy (non-hydrogen) atoms. The predicted molar refractivity (Wildman–Crippen MR) is 153 cm³/mol. The molecular formula is C33H52O8. The summed E-state index contributed by atoms with van der Waals surface area (Å²) in [5.74, 6) is -0.968. The number of esters is 3. The topological polar surface area (TPSA) is 119 Å². The molecule has 2 N–H and O–H groups in total. The van der Waals surface area contributed by atoms with Crippen molar-refractivity contribution in [1.82, 2.24) is 0 Å². The lowest BCUT2D eigenvalue weighted by Gasteiger charge is -2.61. The molecule has 12 atom stereocenters. The smallest absolute Gasteiger partial charge is 0.303 e. The van der Waals surface area contributed by atoms with Crippen molar-refractivity contribution in [1.29, 1.82) is 0 Å². The Labute approximate surface area is 245 Å². The van der Waals surface area contributed by atoms with Crippen LogP contribution in [0.25, 0.3) is 0 Å². The number of hydrogen-bond donors (Lipinski definition) is 2. The van der Waals surface area contributed by atoms with Crippen LogP contribution in [0.15, 0.2) is 11.6 Å². The molecule has 0 heterocycles. The number of rotatable bonds is 8. The van der Waals surface area contributed by atoms with Crippen molar-refractivity contribution in [3.8, 4) is 0 Å². The summed E-state index contributed by atoms with van der Waals surface area (Å²) in [5.41, 5.74) is 0.381. The lowest BCUT2D eigenvalue weighted by atomic mass is 9.45. The van der Waals surface area contributed by atoms with Crippen LogP contribution in [0, 0.1) is 46.3 Å². The maximum atomic E-state index is 12.4. The van der Waals surface area contributed by atoms with Gasteiger partial charge in [-0.25, -0.2) is 0 Å². The van der Waals surface area contributed by atoms with Gasteiger partial charge < -0.3 is 24.4 Å². The van der Waals surface area contributed by atoms with Crippen molar-refractivity contribution >= 4 is 17.9 Å². The number of carbonyl (C=O) groups excluding carboxylic acids is 3. The fourth-order valence-corrected chi connectivity index (χ4v) is 9.64. The third kappa shape index (κ3) is 5.97. The number of carbonyl (C=O) groups is 3. The Balaban J connectivity index is 1.74. The Bertz CT molecular complexity index is 1040. The molecule has 0 aromatic heterocycles. The molecule has 0 aromatic rings. The summed E-state index contributed by atoms with van der Waals surface area (Å²) in [6, 6.07) is 0. The Hall–Kier alpha value is -1.93. The first-order valence-corrected chi connectivity index (χ1v) is 15.7. The maximum Gasteiger partial charge on any atom is 0.303 e. The van der Waals surface area contributed by atoms with E-state index in [4.69, 9.17) is 14.2 Å². The summed E-state index contributed by atoms with van der Waals surface area (Å²) in [5, 5.41) is 23.1. The number of fused-ring (bicyclic) bond motifs is 5. The zero-order valence-corrected chi connectivity index (χ0v) is 26.2. The number of aliphatic hydroxyl groups is 2. The van der Waals surface area contributed by atoms with E-state index in [1.54, 1.807) is 0 Å². The Morgan fingerprint density at radius 1 is 0.927 bits per heavy atom. The molecule has 232 valence electrons. The number of hydrogen-bond acceptors (Lipinski definition) is 8. The van der Waals surface area contributed by atoms with Crippen LogP contribution >= 0.6 is 0 Å². The highest BCUT2D eigenvalue weighted by Crippen LogP contribution is 2.67. The van der Waals surface area contributed by atoms with Crippen LogP contribution in [0.5, 0.6) is 0 Å². The van der Waals surface area contributed by atoms with Gasteiger partial charge in [0.15, 0.2) is 0 Å². The SMILES string of the molecule is CC(=O)OC1C=C2C3CCC(C(C)C(O)CCC(C)C)C3(C)CC(O)C2C2(C)CCC(OC(C)=O)C(OC(C)=O)C12. The van der Waals surface area contributed by atoms with Gasteiger partial charge in [-0.1, -0.05) is 40.2 Å². The molecule has 3 saturated carbocycles. The van der Waals surface area contributed by atoms with Gasteiger partial charge in [-0.3, -0.25) is 14.4 Å². The molecule has 8 heteroatoms. The summed E-state index contributed by atoms with van der Waals surface area (Å²) >= 11 is 0. The van der Waals surface area contributed by atoms with Crippen LogP contribution in [0.4, 0.5) is 0 Å². The average Bonchev–Trinajstić information content (AvgIpc) is 3.18. The third-order valence-electron chi connectivity index (χ3n) is 11.3. The molecule has 4 aliphatic rings. The van der Waals surface area contributed by atoms with Gasteiger partial charge >= 0.3 is 17.9 Å². The summed E-state index contributed by atoms with van der Waals surface area (Å²) in [7, 11) is 0. The van der Waals surface area contributed by atoms with E-state index in [2.05, 4.69) is 34.6 Å². The second-order valence-corrected chi connectivity index (χ2v) is 14.4. The first kappa shape index (κ1) is 32.0. The summed E-state index contributed by atoms with van der Waals surface area (Å²) in [4.78, 5) is 36.6. The van der Waals surface area contributed by atoms with Gasteiger partial charge in [0.2, 0.25) is 0 Å². The molecule has 0 aliphatic heterocycles. The van der Waals surface area contributed by atoms with Gasteiger partial charge in [-0.05, 0) is 85.5 Å². The van der Waals surface area contributed by atoms with E-state index in [9.17, 15) is 24.6 Å². The molecule has 0 saturated heterocycles. The Morgan fingerprint density at radius 2 is 1.56 bits per heavy atom. The normalized spacial score (nSPS) is 41.3. The minimum absolute atomic E-state index is 0.108. The highest BCUT2D eigenvalue weighted by atomic mass is 16.6. The van der Waals surface area contributed by atoms with Crippen molar-refractivity contribution in [2.45, 2.75) is 131 Å². The van der Waals surface area contributed by atoms with Crippen molar-refractivity contribution in [2.75, 3.05) is 0 Å². The van der Waals surface area contributed by atoms with E-state index in [0.717, 1.165) is 31.3 Å². The Morgan fingerprint density at radius 3 is 2.15 bits per heavy atom. The van der Waals surface area contributed by atoms with E-state index >= 15 is 0 Å². The summed E-state index contributed by atoms with van der Waals surface area (Å²) < 4.78 is 17.4. The summed E-state index contributed by atoms with van der Waals surface area (Å²) in [6.07, 6.45) is 4.28. The highest BCUT2D eigenvalue weighted by Gasteiger charge is 2.66. The molecule has 12 unspecified atom stereocenters. The molecule has 3 fully saturated rings. The quantitative estimate of drug-likeness (QED) is 0.236. The minimum Gasteiger partial charge on any atom is -0.459 e. The monoisotopic (exact) mass is 576 g/mol. The fraction of sp³-hybridized carbons (Fsp3) is 0.848. The lowest BCUT2D eigenvalue weighted by molar-refractivity contribution is -0.211. The maximum absolute atomic E-state index is 12.4. The van der Waals surface area contributed by atoms with Crippen molar-refractivity contribution in [3.63, 3.8) is 0 Å². The molecule has 4 aliphatic carbocycles. The van der Waals surface area contributed by atoms with Gasteiger partial charge in [0.05, 0.1) is 12.2 Å². The minimum atomic E-state index is -0.801. The van der Waals surface area contributed by atoms with Gasteiger partial charge in [-0.2, -0.15) is 0 Å². The van der Waals surface area contributed by atoms with Crippen molar-refractivity contribution in [3.05, 3.63) is 11.6 Å². The zero-order chi connectivity index (χ0) is 30.4. The number of ether oxygens (including phenoxy) is 3. The van der Waals surface area contributed by atoms with Crippen LogP contribution < -0.4 is 0 Å². The van der Waals surface area contributed by atoms with Crippen LogP contribution in [-0.2, 0) is 28.6 Å². The van der Waals surface area contributed by atoms with Gasteiger partial charge in [0.25, 0.3) is 0 Å². The molecular weight excluding hydrogens is 524 g/mol. The van der Waals surface area contributed by atoms with Crippen LogP contribution in [0.3, 0.4) is 0 Å². The van der Waals surface area contributed by atoms with Gasteiger partial charge in [0, 0.05) is 32.6 Å². The van der Waals surface area contributed by atoms with Gasteiger partial charge in [-0.15, -0.1) is 0 Å². The second kappa shape index (κ2) is 12.0. The molecule has 4 rings (SSSR count). The van der Waals surface area contributed by atoms with Crippen molar-refractivity contribution in [2.24, 2.45) is 46.3 Å². The molecule has 0 aromatic carbocycles. The van der Waals surface area contributed by atoms with E-state index in [-0.39, 0.29) is 35.2 Å². The van der Waals surface area contributed by atoms with Gasteiger partial charge in [0.1, 0.15) is 18.3 Å². The number of aliphatic hydroxyl groups excluding tert-OH is 2. The second-order valence-electron chi connectivity index (χ2n) is 14.4. The first-order valence-electron chi connectivity index (χ1n) is 15.7. The Kier molecular flexibility index (Phi) is 9.35. The third-order valence-corrected chi connectivity index (χ3v) is 11.3. The van der Waals surface area contributed by atoms with E-state index < -0.39 is 53.7 Å². The molecule has 0 bridgehead atoms. The molecule has 0 amide bonds. The fourth-order valence-electron chi connectivity index (χ4n) is 9.64. The lowest BCUT2D eigenvalue weighted by Crippen LogP contribution is -2.64. The standard InChI is InChI=1S/C33H52O8/c1-17(2)9-12-25(37)18(3)23-10-11-24-22-15-28(40-20(5)35)30-31(41-21(6)36)27(39-19(4)34)13-14-32(30,7)29(22)26(38)16-33(23,24)8/h15,17-18,23-31,37-38H,9-14,16H2,1-8H3. The molecule has 0 radical (unpaired) electrons. The average molecular weight is 577 g/mol. The molecule has 0 spiro atoms. The van der Waals surface area contributed by atoms with E-state index in [1.807, 2.05) is 6.08 Å². The summed E-state index contributed by atoms with van der Waals surface area (Å²) in [6.45, 7) is 14.9. The van der Waals surface area contributed by atoms with E-state index in [1.165, 1.54) is 20.8 Å². The van der Waals surface area contributed by atoms with Crippen molar-refractivity contribution < 1.29 is 38.8 Å². The van der Waals surface area contributed by atoms with Crippen LogP contribution in [0.1, 0.15) is 100 Å². The molecule has 8 nitrogen and oxygen atoms in total. The van der Waals surface area contributed by atoms with Crippen LogP contribution in [-0.4, -0.2) is 58.6 Å².